The maximum atomic E-state index is 12.0. The Hall–Kier alpha value is -1.42. The zero-order chi connectivity index (χ0) is 10.8. The maximum absolute atomic E-state index is 12.0. The van der Waals surface area contributed by atoms with Crippen LogP contribution in [0.1, 0.15) is 27.9 Å². The summed E-state index contributed by atoms with van der Waals surface area (Å²) in [4.78, 5) is 16.9. The number of hydrogen-bond acceptors (Lipinski definition) is 3. The highest BCUT2D eigenvalue weighted by molar-refractivity contribution is 7.12. The highest BCUT2D eigenvalue weighted by Gasteiger charge is 2.15. The molecule has 15 heavy (non-hydrogen) atoms. The molecule has 0 spiro atoms. The number of imidazole rings is 1. The van der Waals surface area contributed by atoms with Crippen molar-refractivity contribution in [2.75, 3.05) is 0 Å². The zero-order valence-electron chi connectivity index (χ0n) is 8.73. The summed E-state index contributed by atoms with van der Waals surface area (Å²) in [6.07, 6.45) is 3.48. The molecule has 2 aromatic heterocycles. The van der Waals surface area contributed by atoms with Gasteiger partial charge in [0.2, 0.25) is 5.78 Å². The molecule has 0 saturated carbocycles. The highest BCUT2D eigenvalue weighted by Crippen LogP contribution is 2.18. The molecule has 0 saturated heterocycles. The normalized spacial score (nSPS) is 10.5. The molecule has 2 aromatic rings. The van der Waals surface area contributed by atoms with Gasteiger partial charge in [0, 0.05) is 12.7 Å². The molecule has 0 aliphatic carbocycles. The van der Waals surface area contributed by atoms with E-state index in [1.165, 1.54) is 11.3 Å². The highest BCUT2D eigenvalue weighted by atomic mass is 32.1. The predicted octanol–water partition coefficient (Wildman–Crippen LogP) is 2.50. The minimum atomic E-state index is 0.0229. The van der Waals surface area contributed by atoms with E-state index in [4.69, 9.17) is 0 Å². The Balaban J connectivity index is 2.32. The lowest BCUT2D eigenvalue weighted by Crippen LogP contribution is -2.00. The first kappa shape index (κ1) is 10.1. The number of carbonyl (C=O) groups is 1. The molecule has 0 aliphatic heterocycles. The smallest absolute Gasteiger partial charge is 0.223 e. The summed E-state index contributed by atoms with van der Waals surface area (Å²) in [6.45, 7) is 4.80. The van der Waals surface area contributed by atoms with Gasteiger partial charge in [0.15, 0.2) is 0 Å². The van der Waals surface area contributed by atoms with Crippen LogP contribution in [-0.2, 0) is 6.54 Å². The van der Waals surface area contributed by atoms with E-state index < -0.39 is 0 Å². The standard InChI is InChI=1S/C11H12N2OS/c1-3-13-6-9(12-7-13)10(14)11-8(2)4-5-15-11/h4-7H,3H2,1-2H3. The first-order valence-electron chi connectivity index (χ1n) is 4.83. The lowest BCUT2D eigenvalue weighted by atomic mass is 10.2. The van der Waals surface area contributed by atoms with Crippen LogP contribution in [0.25, 0.3) is 0 Å². The third-order valence-electron chi connectivity index (χ3n) is 2.30. The van der Waals surface area contributed by atoms with E-state index in [-0.39, 0.29) is 5.78 Å². The average molecular weight is 220 g/mol. The molecule has 0 bridgehead atoms. The zero-order valence-corrected chi connectivity index (χ0v) is 9.54. The van der Waals surface area contributed by atoms with Gasteiger partial charge in [0.1, 0.15) is 5.69 Å². The van der Waals surface area contributed by atoms with E-state index in [0.717, 1.165) is 17.0 Å². The number of aromatic nitrogens is 2. The molecule has 0 radical (unpaired) electrons. The van der Waals surface area contributed by atoms with E-state index in [2.05, 4.69) is 4.98 Å². The lowest BCUT2D eigenvalue weighted by molar-refractivity contribution is 0.103. The van der Waals surface area contributed by atoms with Crippen molar-refractivity contribution in [3.8, 4) is 0 Å². The van der Waals surface area contributed by atoms with Crippen molar-refractivity contribution >= 4 is 17.1 Å². The van der Waals surface area contributed by atoms with Crippen LogP contribution in [-0.4, -0.2) is 15.3 Å². The van der Waals surface area contributed by atoms with Crippen LogP contribution < -0.4 is 0 Å². The van der Waals surface area contributed by atoms with Crippen molar-refractivity contribution in [3.05, 3.63) is 40.1 Å². The molecule has 0 unspecified atom stereocenters. The van der Waals surface area contributed by atoms with E-state index in [1.807, 2.05) is 29.9 Å². The maximum Gasteiger partial charge on any atom is 0.223 e. The summed E-state index contributed by atoms with van der Waals surface area (Å²) < 4.78 is 1.90. The lowest BCUT2D eigenvalue weighted by Gasteiger charge is -1.95. The van der Waals surface area contributed by atoms with Gasteiger partial charge in [-0.05, 0) is 30.9 Å². The van der Waals surface area contributed by atoms with Gasteiger partial charge in [0.25, 0.3) is 0 Å². The van der Waals surface area contributed by atoms with Crippen molar-refractivity contribution in [2.45, 2.75) is 20.4 Å². The van der Waals surface area contributed by atoms with Gasteiger partial charge < -0.3 is 4.57 Å². The Kier molecular flexibility index (Phi) is 2.68. The number of carbonyl (C=O) groups excluding carboxylic acids is 1. The molecular weight excluding hydrogens is 208 g/mol. The average Bonchev–Trinajstić information content (AvgIpc) is 2.84. The van der Waals surface area contributed by atoms with Crippen LogP contribution in [0.4, 0.5) is 0 Å². The second-order valence-corrected chi connectivity index (χ2v) is 4.27. The minimum Gasteiger partial charge on any atom is -0.337 e. The van der Waals surface area contributed by atoms with Crippen molar-refractivity contribution < 1.29 is 4.79 Å². The number of rotatable bonds is 3. The summed E-state index contributed by atoms with van der Waals surface area (Å²) in [7, 11) is 0. The molecule has 0 N–H and O–H groups in total. The Morgan fingerprint density at radius 1 is 1.60 bits per heavy atom. The van der Waals surface area contributed by atoms with Crippen LogP contribution in [0.5, 0.6) is 0 Å². The van der Waals surface area contributed by atoms with Crippen molar-refractivity contribution in [1.82, 2.24) is 9.55 Å². The molecule has 3 nitrogen and oxygen atoms in total. The fraction of sp³-hybridized carbons (Fsp3) is 0.273. The number of nitrogens with zero attached hydrogens (tertiary/aromatic N) is 2. The number of aryl methyl sites for hydroxylation is 2. The fourth-order valence-electron chi connectivity index (χ4n) is 1.37. The SMILES string of the molecule is CCn1cnc(C(=O)c2sccc2C)c1. The third kappa shape index (κ3) is 1.85. The first-order chi connectivity index (χ1) is 7.22. The largest absolute Gasteiger partial charge is 0.337 e. The Labute approximate surface area is 92.4 Å². The summed E-state index contributed by atoms with van der Waals surface area (Å²) in [5.74, 6) is 0.0229. The first-order valence-corrected chi connectivity index (χ1v) is 5.71. The van der Waals surface area contributed by atoms with Gasteiger partial charge in [-0.2, -0.15) is 0 Å². The van der Waals surface area contributed by atoms with Crippen molar-refractivity contribution in [3.63, 3.8) is 0 Å². The Morgan fingerprint density at radius 2 is 2.40 bits per heavy atom. The molecular formula is C11H12N2OS. The monoisotopic (exact) mass is 220 g/mol. The Bertz CT molecular complexity index is 484. The van der Waals surface area contributed by atoms with Gasteiger partial charge in [0.05, 0.1) is 11.2 Å². The van der Waals surface area contributed by atoms with Crippen LogP contribution in [0.3, 0.4) is 0 Å². The van der Waals surface area contributed by atoms with Gasteiger partial charge in [-0.15, -0.1) is 11.3 Å². The quantitative estimate of drug-likeness (QED) is 0.745. The van der Waals surface area contributed by atoms with Crippen LogP contribution in [0, 0.1) is 6.92 Å². The van der Waals surface area contributed by atoms with E-state index in [0.29, 0.717) is 5.69 Å². The fourth-order valence-corrected chi connectivity index (χ4v) is 2.25. The van der Waals surface area contributed by atoms with E-state index in [1.54, 1.807) is 12.5 Å². The molecule has 0 aromatic carbocycles. The molecule has 2 rings (SSSR count). The van der Waals surface area contributed by atoms with Crippen molar-refractivity contribution in [2.24, 2.45) is 0 Å². The van der Waals surface area contributed by atoms with E-state index >= 15 is 0 Å². The molecule has 2 heterocycles. The van der Waals surface area contributed by atoms with Gasteiger partial charge >= 0.3 is 0 Å². The Morgan fingerprint density at radius 3 is 2.93 bits per heavy atom. The molecule has 0 aliphatic rings. The topological polar surface area (TPSA) is 34.9 Å². The van der Waals surface area contributed by atoms with Crippen molar-refractivity contribution in [1.29, 1.82) is 0 Å². The molecule has 78 valence electrons. The van der Waals surface area contributed by atoms with Crippen LogP contribution >= 0.6 is 11.3 Å². The van der Waals surface area contributed by atoms with Gasteiger partial charge in [-0.1, -0.05) is 0 Å². The van der Waals surface area contributed by atoms with Crippen LogP contribution in [0.2, 0.25) is 0 Å². The summed E-state index contributed by atoms with van der Waals surface area (Å²) in [5.41, 5.74) is 1.55. The summed E-state index contributed by atoms with van der Waals surface area (Å²) in [5, 5.41) is 1.93. The van der Waals surface area contributed by atoms with E-state index in [9.17, 15) is 4.79 Å². The minimum absolute atomic E-state index is 0.0229. The molecule has 4 heteroatoms. The number of hydrogen-bond donors (Lipinski definition) is 0. The molecule has 0 atom stereocenters. The number of ketones is 1. The second kappa shape index (κ2) is 3.98. The summed E-state index contributed by atoms with van der Waals surface area (Å²) >= 11 is 1.47. The van der Waals surface area contributed by atoms with Gasteiger partial charge in [-0.25, -0.2) is 4.98 Å². The van der Waals surface area contributed by atoms with Gasteiger partial charge in [-0.3, -0.25) is 4.79 Å². The molecule has 0 fully saturated rings. The summed E-state index contributed by atoms with van der Waals surface area (Å²) in [6, 6.07) is 1.95. The molecule has 0 amide bonds. The van der Waals surface area contributed by atoms with Crippen LogP contribution in [0.15, 0.2) is 24.0 Å². The second-order valence-electron chi connectivity index (χ2n) is 3.35. The predicted molar refractivity (Wildman–Crippen MR) is 60.4 cm³/mol. The number of thiophene rings is 1. The third-order valence-corrected chi connectivity index (χ3v) is 3.31.